The molecule has 2 aromatic carbocycles. The Morgan fingerprint density at radius 2 is 1.52 bits per heavy atom. The molecular weight excluding hydrogens is 336 g/mol. The molecular formula is C24H28O3. The molecule has 142 valence electrons. The molecule has 1 unspecified atom stereocenters. The number of ether oxygens (including phenoxy) is 1. The SMILES string of the molecule is CCOC(=O)C(Cc1ccccc1)C(=O)C1CCC(c2ccccc2)CC1. The molecule has 0 aromatic heterocycles. The van der Waals surface area contributed by atoms with Gasteiger partial charge in [-0.25, -0.2) is 0 Å². The minimum absolute atomic E-state index is 0.0388. The molecule has 3 nitrogen and oxygen atoms in total. The quantitative estimate of drug-likeness (QED) is 0.516. The normalized spacial score (nSPS) is 20.6. The Morgan fingerprint density at radius 1 is 0.926 bits per heavy atom. The fourth-order valence-electron chi connectivity index (χ4n) is 4.11. The summed E-state index contributed by atoms with van der Waals surface area (Å²) in [5.41, 5.74) is 2.36. The first-order chi connectivity index (χ1) is 13.2. The second-order valence-corrected chi connectivity index (χ2v) is 7.36. The van der Waals surface area contributed by atoms with Gasteiger partial charge in [-0.2, -0.15) is 0 Å². The van der Waals surface area contributed by atoms with Gasteiger partial charge in [-0.05, 0) is 56.1 Å². The van der Waals surface area contributed by atoms with Crippen molar-refractivity contribution in [3.05, 3.63) is 71.8 Å². The number of Topliss-reactive ketones (excluding diaryl/α,β-unsaturated/α-hetero) is 1. The van der Waals surface area contributed by atoms with Gasteiger partial charge in [-0.3, -0.25) is 9.59 Å². The van der Waals surface area contributed by atoms with Crippen LogP contribution in [0.4, 0.5) is 0 Å². The van der Waals surface area contributed by atoms with E-state index in [1.807, 2.05) is 36.4 Å². The maximum Gasteiger partial charge on any atom is 0.316 e. The Hall–Kier alpha value is -2.42. The largest absolute Gasteiger partial charge is 0.465 e. The molecule has 1 aliphatic rings. The molecule has 0 radical (unpaired) electrons. The average molecular weight is 364 g/mol. The summed E-state index contributed by atoms with van der Waals surface area (Å²) in [7, 11) is 0. The number of hydrogen-bond acceptors (Lipinski definition) is 3. The third-order valence-corrected chi connectivity index (χ3v) is 5.60. The van der Waals surface area contributed by atoms with Crippen LogP contribution in [-0.2, 0) is 20.7 Å². The van der Waals surface area contributed by atoms with E-state index in [9.17, 15) is 9.59 Å². The molecule has 0 heterocycles. The zero-order valence-electron chi connectivity index (χ0n) is 16.0. The van der Waals surface area contributed by atoms with Gasteiger partial charge in [0.25, 0.3) is 0 Å². The maximum atomic E-state index is 13.2. The lowest BCUT2D eigenvalue weighted by Crippen LogP contribution is -2.34. The number of ketones is 1. The lowest BCUT2D eigenvalue weighted by molar-refractivity contribution is -0.152. The fraction of sp³-hybridized carbons (Fsp3) is 0.417. The molecule has 0 aliphatic heterocycles. The molecule has 0 saturated heterocycles. The van der Waals surface area contributed by atoms with Crippen LogP contribution in [0.15, 0.2) is 60.7 Å². The molecule has 1 fully saturated rings. The van der Waals surface area contributed by atoms with Gasteiger partial charge >= 0.3 is 5.97 Å². The summed E-state index contributed by atoms with van der Waals surface area (Å²) in [4.78, 5) is 25.6. The highest BCUT2D eigenvalue weighted by atomic mass is 16.5. The average Bonchev–Trinajstić information content (AvgIpc) is 2.73. The van der Waals surface area contributed by atoms with Crippen LogP contribution in [0, 0.1) is 11.8 Å². The van der Waals surface area contributed by atoms with Gasteiger partial charge in [0, 0.05) is 5.92 Å². The molecule has 0 spiro atoms. The lowest BCUT2D eigenvalue weighted by atomic mass is 9.74. The van der Waals surface area contributed by atoms with Gasteiger partial charge in [-0.1, -0.05) is 60.7 Å². The second-order valence-electron chi connectivity index (χ2n) is 7.36. The summed E-state index contributed by atoms with van der Waals surface area (Å²) in [6.07, 6.45) is 4.13. The van der Waals surface area contributed by atoms with E-state index in [1.165, 1.54) is 5.56 Å². The van der Waals surface area contributed by atoms with Crippen LogP contribution in [0.3, 0.4) is 0 Å². The van der Waals surface area contributed by atoms with E-state index in [4.69, 9.17) is 4.74 Å². The highest BCUT2D eigenvalue weighted by Crippen LogP contribution is 2.37. The van der Waals surface area contributed by atoms with Crippen molar-refractivity contribution in [2.24, 2.45) is 11.8 Å². The van der Waals surface area contributed by atoms with Crippen LogP contribution >= 0.6 is 0 Å². The molecule has 0 amide bonds. The monoisotopic (exact) mass is 364 g/mol. The molecule has 0 N–H and O–H groups in total. The van der Waals surface area contributed by atoms with Crippen LogP contribution < -0.4 is 0 Å². The first-order valence-corrected chi connectivity index (χ1v) is 9.98. The van der Waals surface area contributed by atoms with E-state index >= 15 is 0 Å². The van der Waals surface area contributed by atoms with E-state index in [1.54, 1.807) is 6.92 Å². The van der Waals surface area contributed by atoms with Gasteiger partial charge in [0.05, 0.1) is 6.61 Å². The maximum absolute atomic E-state index is 13.2. The summed E-state index contributed by atoms with van der Waals surface area (Å²) >= 11 is 0. The zero-order valence-corrected chi connectivity index (χ0v) is 16.0. The number of rotatable bonds is 7. The van der Waals surface area contributed by atoms with Gasteiger partial charge in [0.2, 0.25) is 0 Å². The number of benzene rings is 2. The van der Waals surface area contributed by atoms with Crippen molar-refractivity contribution in [1.82, 2.24) is 0 Å². The van der Waals surface area contributed by atoms with Crippen molar-refractivity contribution in [3.8, 4) is 0 Å². The van der Waals surface area contributed by atoms with Gasteiger partial charge in [0.15, 0.2) is 5.78 Å². The standard InChI is InChI=1S/C24H28O3/c1-2-27-24(26)22(17-18-9-5-3-6-10-18)23(25)21-15-13-20(14-16-21)19-11-7-4-8-12-19/h3-12,20-22H,2,13-17H2,1H3. The third kappa shape index (κ3) is 5.06. The predicted octanol–water partition coefficient (Wildman–Crippen LogP) is 4.95. The third-order valence-electron chi connectivity index (χ3n) is 5.60. The van der Waals surface area contributed by atoms with Crippen LogP contribution in [-0.4, -0.2) is 18.4 Å². The second kappa shape index (κ2) is 9.50. The summed E-state index contributed by atoms with van der Waals surface area (Å²) in [5, 5.41) is 0. The summed E-state index contributed by atoms with van der Waals surface area (Å²) in [6.45, 7) is 2.09. The molecule has 1 aliphatic carbocycles. The van der Waals surface area contributed by atoms with Crippen LogP contribution in [0.2, 0.25) is 0 Å². The first kappa shape index (κ1) is 19.3. The first-order valence-electron chi connectivity index (χ1n) is 9.98. The molecule has 1 saturated carbocycles. The topological polar surface area (TPSA) is 43.4 Å². The summed E-state index contributed by atoms with van der Waals surface area (Å²) in [5.74, 6) is -0.528. The van der Waals surface area contributed by atoms with Crippen molar-refractivity contribution in [2.45, 2.75) is 44.9 Å². The van der Waals surface area contributed by atoms with Crippen molar-refractivity contribution in [3.63, 3.8) is 0 Å². The Bertz CT molecular complexity index is 731. The molecule has 2 aromatic rings. The minimum atomic E-state index is -0.689. The van der Waals surface area contributed by atoms with Crippen molar-refractivity contribution in [1.29, 1.82) is 0 Å². The van der Waals surface area contributed by atoms with E-state index in [2.05, 4.69) is 24.3 Å². The molecule has 3 rings (SSSR count). The number of hydrogen-bond donors (Lipinski definition) is 0. The van der Waals surface area contributed by atoms with Gasteiger partial charge in [-0.15, -0.1) is 0 Å². The predicted molar refractivity (Wildman–Crippen MR) is 106 cm³/mol. The molecule has 3 heteroatoms. The Labute approximate surface area is 161 Å². The number of esters is 1. The highest BCUT2D eigenvalue weighted by Gasteiger charge is 2.35. The van der Waals surface area contributed by atoms with Crippen LogP contribution in [0.5, 0.6) is 0 Å². The van der Waals surface area contributed by atoms with E-state index < -0.39 is 5.92 Å². The van der Waals surface area contributed by atoms with E-state index in [0.717, 1.165) is 31.2 Å². The van der Waals surface area contributed by atoms with Crippen LogP contribution in [0.1, 0.15) is 49.7 Å². The van der Waals surface area contributed by atoms with Gasteiger partial charge in [0.1, 0.15) is 5.92 Å². The van der Waals surface area contributed by atoms with E-state index in [0.29, 0.717) is 18.9 Å². The minimum Gasteiger partial charge on any atom is -0.465 e. The van der Waals surface area contributed by atoms with Crippen molar-refractivity contribution in [2.75, 3.05) is 6.61 Å². The Morgan fingerprint density at radius 3 is 2.11 bits per heavy atom. The number of carbonyl (C=O) groups excluding carboxylic acids is 2. The smallest absolute Gasteiger partial charge is 0.316 e. The van der Waals surface area contributed by atoms with Crippen LogP contribution in [0.25, 0.3) is 0 Å². The summed E-state index contributed by atoms with van der Waals surface area (Å²) < 4.78 is 5.22. The zero-order chi connectivity index (χ0) is 19.1. The van der Waals surface area contributed by atoms with E-state index in [-0.39, 0.29) is 17.7 Å². The summed E-state index contributed by atoms with van der Waals surface area (Å²) in [6, 6.07) is 20.3. The van der Waals surface area contributed by atoms with Gasteiger partial charge < -0.3 is 4.74 Å². The van der Waals surface area contributed by atoms with Crippen molar-refractivity contribution < 1.29 is 14.3 Å². The number of carbonyl (C=O) groups is 2. The molecule has 0 bridgehead atoms. The highest BCUT2D eigenvalue weighted by molar-refractivity contribution is 6.00. The van der Waals surface area contributed by atoms with Crippen molar-refractivity contribution >= 4 is 11.8 Å². The molecule has 1 atom stereocenters. The molecule has 27 heavy (non-hydrogen) atoms. The fourth-order valence-corrected chi connectivity index (χ4v) is 4.11. The Balaban J connectivity index is 1.66. The Kier molecular flexibility index (Phi) is 6.80. The lowest BCUT2D eigenvalue weighted by Gasteiger charge is -2.29.